The van der Waals surface area contributed by atoms with Crippen LogP contribution in [0.3, 0.4) is 0 Å². The van der Waals surface area contributed by atoms with Gasteiger partial charge in [0, 0.05) is 26.7 Å². The molecule has 0 unspecified atom stereocenters. The standard InChI is InChI=1S/C11H18N2O3/c1-6(2)10(11(14)15)12-7(3)8(4)13(16)9(12)5/h6,10H,1-5H3,(H,14,15)/t10-/m0/s1. The monoisotopic (exact) mass is 226 g/mol. The molecule has 0 saturated carbocycles. The van der Waals surface area contributed by atoms with E-state index in [0.717, 1.165) is 4.73 Å². The van der Waals surface area contributed by atoms with Crippen molar-refractivity contribution in [2.45, 2.75) is 40.7 Å². The smallest absolute Gasteiger partial charge is 0.349 e. The molecule has 0 bridgehead atoms. The Hall–Kier alpha value is -1.52. The second kappa shape index (κ2) is 4.15. The van der Waals surface area contributed by atoms with E-state index < -0.39 is 12.0 Å². The molecule has 5 nitrogen and oxygen atoms in total. The first-order chi connectivity index (χ1) is 7.29. The lowest BCUT2D eigenvalue weighted by molar-refractivity contribution is -0.618. The van der Waals surface area contributed by atoms with E-state index in [4.69, 9.17) is 0 Å². The Kier molecular flexibility index (Phi) is 3.26. The Balaban J connectivity index is 3.41. The van der Waals surface area contributed by atoms with Gasteiger partial charge in [-0.15, -0.1) is 0 Å². The summed E-state index contributed by atoms with van der Waals surface area (Å²) in [5, 5.41) is 20.9. The van der Waals surface area contributed by atoms with Gasteiger partial charge in [-0.1, -0.05) is 13.8 Å². The first-order valence-electron chi connectivity index (χ1n) is 5.29. The molecule has 1 heterocycles. The van der Waals surface area contributed by atoms with Gasteiger partial charge in [0.1, 0.15) is 11.4 Å². The van der Waals surface area contributed by atoms with Crippen LogP contribution in [-0.4, -0.2) is 15.6 Å². The van der Waals surface area contributed by atoms with E-state index in [0.29, 0.717) is 17.2 Å². The Morgan fingerprint density at radius 2 is 1.88 bits per heavy atom. The molecule has 0 aliphatic carbocycles. The van der Waals surface area contributed by atoms with Crippen molar-refractivity contribution in [2.24, 2.45) is 5.92 Å². The first kappa shape index (κ1) is 12.5. The highest BCUT2D eigenvalue weighted by atomic mass is 16.5. The van der Waals surface area contributed by atoms with E-state index >= 15 is 0 Å². The van der Waals surface area contributed by atoms with Crippen molar-refractivity contribution < 1.29 is 14.6 Å². The molecule has 16 heavy (non-hydrogen) atoms. The summed E-state index contributed by atoms with van der Waals surface area (Å²) < 4.78 is 2.39. The van der Waals surface area contributed by atoms with Gasteiger partial charge in [-0.25, -0.2) is 14.1 Å². The Morgan fingerprint density at radius 3 is 2.12 bits per heavy atom. The van der Waals surface area contributed by atoms with Gasteiger partial charge >= 0.3 is 5.97 Å². The van der Waals surface area contributed by atoms with Crippen LogP contribution in [-0.2, 0) is 4.79 Å². The lowest BCUT2D eigenvalue weighted by Crippen LogP contribution is -2.33. The number of imidazole rings is 1. The molecule has 90 valence electrons. The number of carboxylic acids is 1. The average molecular weight is 226 g/mol. The lowest BCUT2D eigenvalue weighted by Gasteiger charge is -2.15. The molecular formula is C11H18N2O3. The third-order valence-corrected chi connectivity index (χ3v) is 2.99. The molecule has 1 N–H and O–H groups in total. The van der Waals surface area contributed by atoms with Gasteiger partial charge in [0.2, 0.25) is 0 Å². The Morgan fingerprint density at radius 1 is 1.38 bits per heavy atom. The van der Waals surface area contributed by atoms with E-state index in [1.165, 1.54) is 0 Å². The van der Waals surface area contributed by atoms with Crippen LogP contribution in [0.2, 0.25) is 0 Å². The van der Waals surface area contributed by atoms with Crippen LogP contribution in [0.4, 0.5) is 0 Å². The maximum absolute atomic E-state index is 11.7. The molecule has 1 aromatic rings. The SMILES string of the molecule is Cc1c(C)[n+]([O-])c(C)n1[C@H](C(=O)O)C(C)C. The first-order valence-corrected chi connectivity index (χ1v) is 5.29. The fourth-order valence-electron chi connectivity index (χ4n) is 2.01. The molecule has 0 aliphatic rings. The second-order valence-electron chi connectivity index (χ2n) is 4.41. The molecule has 0 fully saturated rings. The van der Waals surface area contributed by atoms with Crippen molar-refractivity contribution in [3.8, 4) is 0 Å². The van der Waals surface area contributed by atoms with E-state index in [1.54, 1.807) is 25.3 Å². The maximum atomic E-state index is 11.7. The molecule has 0 aromatic carbocycles. The van der Waals surface area contributed by atoms with Crippen LogP contribution in [0.1, 0.15) is 37.1 Å². The van der Waals surface area contributed by atoms with Gasteiger partial charge in [0.05, 0.1) is 0 Å². The van der Waals surface area contributed by atoms with Crippen LogP contribution < -0.4 is 4.73 Å². The highest BCUT2D eigenvalue weighted by molar-refractivity contribution is 5.72. The minimum atomic E-state index is -0.906. The largest absolute Gasteiger partial charge is 0.711 e. The summed E-state index contributed by atoms with van der Waals surface area (Å²) in [5.74, 6) is -0.547. The van der Waals surface area contributed by atoms with E-state index in [-0.39, 0.29) is 5.92 Å². The summed E-state index contributed by atoms with van der Waals surface area (Å²) >= 11 is 0. The molecule has 0 aliphatic heterocycles. The minimum absolute atomic E-state index is 0.0679. The van der Waals surface area contributed by atoms with Crippen molar-refractivity contribution in [3.05, 3.63) is 22.4 Å². The van der Waals surface area contributed by atoms with Crippen LogP contribution in [0.5, 0.6) is 0 Å². The zero-order valence-electron chi connectivity index (χ0n) is 10.3. The number of carbonyl (C=O) groups is 1. The Bertz CT molecular complexity index is 396. The van der Waals surface area contributed by atoms with Crippen molar-refractivity contribution in [2.75, 3.05) is 0 Å². The number of carboxylic acid groups (broad SMARTS) is 1. The molecule has 0 saturated heterocycles. The molecule has 5 heteroatoms. The second-order valence-corrected chi connectivity index (χ2v) is 4.41. The lowest BCUT2D eigenvalue weighted by atomic mass is 10.0. The van der Waals surface area contributed by atoms with Gasteiger partial charge in [-0.3, -0.25) is 0 Å². The van der Waals surface area contributed by atoms with Crippen LogP contribution >= 0.6 is 0 Å². The van der Waals surface area contributed by atoms with Crippen LogP contribution in [0.15, 0.2) is 0 Å². The molecule has 0 spiro atoms. The highest BCUT2D eigenvalue weighted by Gasteiger charge is 2.33. The normalized spacial score (nSPS) is 13.1. The summed E-state index contributed by atoms with van der Waals surface area (Å²) in [7, 11) is 0. The fraction of sp³-hybridized carbons (Fsp3) is 0.636. The third kappa shape index (κ3) is 1.77. The summed E-state index contributed by atoms with van der Waals surface area (Å²) in [5.41, 5.74) is 1.28. The third-order valence-electron chi connectivity index (χ3n) is 2.99. The molecule has 1 rings (SSSR count). The summed E-state index contributed by atoms with van der Waals surface area (Å²) in [6.45, 7) is 8.79. The van der Waals surface area contributed by atoms with Gasteiger partial charge in [-0.05, 0) is 0 Å². The number of nitrogens with zero attached hydrogens (tertiary/aromatic N) is 2. The van der Waals surface area contributed by atoms with E-state index in [2.05, 4.69) is 0 Å². The zero-order valence-corrected chi connectivity index (χ0v) is 10.3. The number of aromatic nitrogens is 2. The number of rotatable bonds is 3. The van der Waals surface area contributed by atoms with Crippen LogP contribution in [0, 0.1) is 31.9 Å². The topological polar surface area (TPSA) is 69.2 Å². The average Bonchev–Trinajstić information content (AvgIpc) is 2.34. The van der Waals surface area contributed by atoms with E-state index in [1.807, 2.05) is 13.8 Å². The Labute approximate surface area is 94.9 Å². The molecule has 1 aromatic heterocycles. The molecular weight excluding hydrogens is 208 g/mol. The van der Waals surface area contributed by atoms with E-state index in [9.17, 15) is 15.1 Å². The number of hydrogen-bond acceptors (Lipinski definition) is 2. The van der Waals surface area contributed by atoms with Crippen molar-refractivity contribution in [1.29, 1.82) is 0 Å². The molecule has 0 amide bonds. The summed E-state index contributed by atoms with van der Waals surface area (Å²) in [6.07, 6.45) is 0. The number of hydrogen-bond donors (Lipinski definition) is 1. The van der Waals surface area contributed by atoms with Crippen molar-refractivity contribution >= 4 is 5.97 Å². The quantitative estimate of drug-likeness (QED) is 0.624. The van der Waals surface area contributed by atoms with Crippen LogP contribution in [0.25, 0.3) is 0 Å². The maximum Gasteiger partial charge on any atom is 0.349 e. The van der Waals surface area contributed by atoms with Gasteiger partial charge in [0.15, 0.2) is 6.04 Å². The summed E-state index contributed by atoms with van der Waals surface area (Å²) in [4.78, 5) is 11.2. The summed E-state index contributed by atoms with van der Waals surface area (Å²) in [6, 6.07) is -0.686. The van der Waals surface area contributed by atoms with Gasteiger partial charge in [0.25, 0.3) is 5.82 Å². The highest BCUT2D eigenvalue weighted by Crippen LogP contribution is 2.22. The predicted octanol–water partition coefficient (Wildman–Crippen LogP) is 1.33. The number of aliphatic carboxylic acids is 1. The van der Waals surface area contributed by atoms with Gasteiger partial charge in [-0.2, -0.15) is 0 Å². The molecule has 1 atom stereocenters. The minimum Gasteiger partial charge on any atom is -0.711 e. The fourth-order valence-corrected chi connectivity index (χ4v) is 2.01. The zero-order chi connectivity index (χ0) is 12.6. The van der Waals surface area contributed by atoms with Gasteiger partial charge < -0.3 is 10.3 Å². The molecule has 0 radical (unpaired) electrons. The van der Waals surface area contributed by atoms with Crippen molar-refractivity contribution in [1.82, 2.24) is 4.57 Å². The predicted molar refractivity (Wildman–Crippen MR) is 59.1 cm³/mol. The van der Waals surface area contributed by atoms with Crippen molar-refractivity contribution in [3.63, 3.8) is 0 Å².